The second-order valence-electron chi connectivity index (χ2n) is 5.32. The number of ether oxygens (including phenoxy) is 1. The lowest BCUT2D eigenvalue weighted by molar-refractivity contribution is 0.170. The van der Waals surface area contributed by atoms with Crippen LogP contribution in [-0.2, 0) is 0 Å². The average Bonchev–Trinajstić information content (AvgIpc) is 2.37. The first-order valence-corrected chi connectivity index (χ1v) is 8.12. The summed E-state index contributed by atoms with van der Waals surface area (Å²) in [6.45, 7) is 6.72. The number of likely N-dealkylation sites (tertiary alicyclic amines) is 1. The molecular formula is C15H21BrClNO. The van der Waals surface area contributed by atoms with E-state index in [1.165, 1.54) is 25.9 Å². The van der Waals surface area contributed by atoms with Gasteiger partial charge in [0.15, 0.2) is 0 Å². The van der Waals surface area contributed by atoms with Crippen LogP contribution < -0.4 is 4.74 Å². The Morgan fingerprint density at radius 3 is 3.05 bits per heavy atom. The van der Waals surface area contributed by atoms with Gasteiger partial charge in [0, 0.05) is 18.1 Å². The summed E-state index contributed by atoms with van der Waals surface area (Å²) in [5, 5.41) is 0.724. The molecule has 0 saturated carbocycles. The SMILES string of the molecule is C[C@@H]1CCCN(CCCOc2ccc(Cl)cc2Br)C1. The van der Waals surface area contributed by atoms with E-state index in [0.29, 0.717) is 0 Å². The molecule has 4 heteroatoms. The van der Waals surface area contributed by atoms with Crippen LogP contribution in [0.2, 0.25) is 5.02 Å². The van der Waals surface area contributed by atoms with Gasteiger partial charge in [0.1, 0.15) is 5.75 Å². The fourth-order valence-corrected chi connectivity index (χ4v) is 3.35. The highest BCUT2D eigenvalue weighted by Crippen LogP contribution is 2.28. The van der Waals surface area contributed by atoms with E-state index in [-0.39, 0.29) is 0 Å². The highest BCUT2D eigenvalue weighted by molar-refractivity contribution is 9.10. The molecule has 0 radical (unpaired) electrons. The van der Waals surface area contributed by atoms with Crippen LogP contribution >= 0.6 is 27.5 Å². The topological polar surface area (TPSA) is 12.5 Å². The van der Waals surface area contributed by atoms with Gasteiger partial charge in [0.2, 0.25) is 0 Å². The zero-order valence-corrected chi connectivity index (χ0v) is 13.7. The van der Waals surface area contributed by atoms with Crippen molar-refractivity contribution < 1.29 is 4.74 Å². The molecule has 106 valence electrons. The van der Waals surface area contributed by atoms with Crippen molar-refractivity contribution in [2.75, 3.05) is 26.2 Å². The van der Waals surface area contributed by atoms with Crippen LogP contribution in [-0.4, -0.2) is 31.1 Å². The summed E-state index contributed by atoms with van der Waals surface area (Å²) < 4.78 is 6.70. The van der Waals surface area contributed by atoms with E-state index in [1.807, 2.05) is 18.2 Å². The Hall–Kier alpha value is -0.250. The van der Waals surface area contributed by atoms with Gasteiger partial charge in [-0.05, 0) is 65.9 Å². The number of rotatable bonds is 5. The standard InChI is InChI=1S/C15H21BrClNO/c1-12-4-2-7-18(11-12)8-3-9-19-15-6-5-13(17)10-14(15)16/h5-6,10,12H,2-4,7-9,11H2,1H3/t12-/m1/s1. The van der Waals surface area contributed by atoms with Gasteiger partial charge in [-0.3, -0.25) is 0 Å². The highest BCUT2D eigenvalue weighted by atomic mass is 79.9. The van der Waals surface area contributed by atoms with Crippen molar-refractivity contribution in [1.29, 1.82) is 0 Å². The molecule has 1 aromatic carbocycles. The van der Waals surface area contributed by atoms with E-state index >= 15 is 0 Å². The van der Waals surface area contributed by atoms with E-state index in [0.717, 1.165) is 40.7 Å². The summed E-state index contributed by atoms with van der Waals surface area (Å²) in [4.78, 5) is 2.55. The first-order chi connectivity index (χ1) is 9.15. The normalized spacial score (nSPS) is 20.5. The number of hydrogen-bond donors (Lipinski definition) is 0. The monoisotopic (exact) mass is 345 g/mol. The molecule has 2 nitrogen and oxygen atoms in total. The van der Waals surface area contributed by atoms with Gasteiger partial charge in [-0.25, -0.2) is 0 Å². The molecule has 19 heavy (non-hydrogen) atoms. The number of halogens is 2. The maximum atomic E-state index is 5.90. The summed E-state index contributed by atoms with van der Waals surface area (Å²) in [7, 11) is 0. The Labute approximate surface area is 129 Å². The van der Waals surface area contributed by atoms with Crippen molar-refractivity contribution in [2.45, 2.75) is 26.2 Å². The van der Waals surface area contributed by atoms with Gasteiger partial charge in [0.05, 0.1) is 11.1 Å². The summed E-state index contributed by atoms with van der Waals surface area (Å²) in [6.07, 6.45) is 3.79. The van der Waals surface area contributed by atoms with Gasteiger partial charge in [-0.2, -0.15) is 0 Å². The third-order valence-corrected chi connectivity index (χ3v) is 4.37. The van der Waals surface area contributed by atoms with Crippen LogP contribution in [0.1, 0.15) is 26.2 Å². The lowest BCUT2D eigenvalue weighted by Crippen LogP contribution is -2.35. The minimum absolute atomic E-state index is 0.724. The molecule has 1 fully saturated rings. The maximum Gasteiger partial charge on any atom is 0.133 e. The van der Waals surface area contributed by atoms with Crippen LogP contribution in [0.3, 0.4) is 0 Å². The molecule has 1 saturated heterocycles. The van der Waals surface area contributed by atoms with Crippen molar-refractivity contribution in [1.82, 2.24) is 4.90 Å². The third-order valence-electron chi connectivity index (χ3n) is 3.51. The molecule has 1 heterocycles. The predicted molar refractivity (Wildman–Crippen MR) is 84.1 cm³/mol. The average molecular weight is 347 g/mol. The fraction of sp³-hybridized carbons (Fsp3) is 0.600. The largest absolute Gasteiger partial charge is 0.492 e. The Kier molecular flexibility index (Phi) is 5.99. The van der Waals surface area contributed by atoms with Crippen LogP contribution in [0.4, 0.5) is 0 Å². The molecule has 1 aliphatic heterocycles. The quantitative estimate of drug-likeness (QED) is 0.722. The predicted octanol–water partition coefficient (Wildman–Crippen LogP) is 4.60. The number of benzene rings is 1. The third kappa shape index (κ3) is 4.97. The molecule has 1 aliphatic rings. The molecule has 0 N–H and O–H groups in total. The Morgan fingerprint density at radius 2 is 2.32 bits per heavy atom. The summed E-state index contributed by atoms with van der Waals surface area (Å²) in [5.74, 6) is 1.72. The molecule has 2 rings (SSSR count). The molecule has 0 bridgehead atoms. The van der Waals surface area contributed by atoms with E-state index < -0.39 is 0 Å². The number of hydrogen-bond acceptors (Lipinski definition) is 2. The molecule has 1 aromatic rings. The Balaban J connectivity index is 1.69. The summed E-state index contributed by atoms with van der Waals surface area (Å²) in [5.41, 5.74) is 0. The number of nitrogens with zero attached hydrogens (tertiary/aromatic N) is 1. The van der Waals surface area contributed by atoms with Gasteiger partial charge in [-0.1, -0.05) is 18.5 Å². The van der Waals surface area contributed by atoms with Crippen LogP contribution in [0.25, 0.3) is 0 Å². The van der Waals surface area contributed by atoms with Crippen LogP contribution in [0.15, 0.2) is 22.7 Å². The smallest absolute Gasteiger partial charge is 0.133 e. The lowest BCUT2D eigenvalue weighted by atomic mass is 10.0. The molecule has 0 unspecified atom stereocenters. The van der Waals surface area contributed by atoms with E-state index in [2.05, 4.69) is 27.8 Å². The van der Waals surface area contributed by atoms with Crippen molar-refractivity contribution in [2.24, 2.45) is 5.92 Å². The van der Waals surface area contributed by atoms with Crippen molar-refractivity contribution in [3.63, 3.8) is 0 Å². The van der Waals surface area contributed by atoms with Crippen molar-refractivity contribution in [3.05, 3.63) is 27.7 Å². The van der Waals surface area contributed by atoms with Crippen molar-refractivity contribution in [3.8, 4) is 5.75 Å². The zero-order valence-electron chi connectivity index (χ0n) is 11.4. The minimum atomic E-state index is 0.724. The molecular weight excluding hydrogens is 326 g/mol. The van der Waals surface area contributed by atoms with E-state index in [1.54, 1.807) is 0 Å². The highest BCUT2D eigenvalue weighted by Gasteiger charge is 2.15. The van der Waals surface area contributed by atoms with Gasteiger partial charge >= 0.3 is 0 Å². The van der Waals surface area contributed by atoms with Crippen molar-refractivity contribution >= 4 is 27.5 Å². The van der Waals surface area contributed by atoms with Crippen LogP contribution in [0, 0.1) is 5.92 Å². The van der Waals surface area contributed by atoms with Crippen LogP contribution in [0.5, 0.6) is 5.75 Å². The molecule has 1 atom stereocenters. The van der Waals surface area contributed by atoms with E-state index in [4.69, 9.17) is 16.3 Å². The molecule has 0 spiro atoms. The minimum Gasteiger partial charge on any atom is -0.492 e. The maximum absolute atomic E-state index is 5.90. The lowest BCUT2D eigenvalue weighted by Gasteiger charge is -2.30. The molecule has 0 aromatic heterocycles. The Bertz CT molecular complexity index is 413. The second-order valence-corrected chi connectivity index (χ2v) is 6.62. The summed E-state index contributed by atoms with van der Waals surface area (Å²) >= 11 is 9.37. The number of piperidine rings is 1. The zero-order chi connectivity index (χ0) is 13.7. The Morgan fingerprint density at radius 1 is 1.47 bits per heavy atom. The van der Waals surface area contributed by atoms with Gasteiger partial charge < -0.3 is 9.64 Å². The molecule has 0 amide bonds. The molecule has 0 aliphatic carbocycles. The first kappa shape index (κ1) is 15.1. The van der Waals surface area contributed by atoms with E-state index in [9.17, 15) is 0 Å². The fourth-order valence-electron chi connectivity index (χ4n) is 2.55. The summed E-state index contributed by atoms with van der Waals surface area (Å²) in [6, 6.07) is 5.63. The second kappa shape index (κ2) is 7.51. The van der Waals surface area contributed by atoms with Gasteiger partial charge in [-0.15, -0.1) is 0 Å². The first-order valence-electron chi connectivity index (χ1n) is 6.95. The van der Waals surface area contributed by atoms with Gasteiger partial charge in [0.25, 0.3) is 0 Å².